The van der Waals surface area contributed by atoms with Crippen LogP contribution in [0, 0.1) is 16.9 Å². The monoisotopic (exact) mass is 617 g/mol. The first-order chi connectivity index (χ1) is 22.2. The molecule has 12 heteroatoms. The summed E-state index contributed by atoms with van der Waals surface area (Å²) in [5.41, 5.74) is 5.70. The Bertz CT molecular complexity index is 2130. The molecule has 1 aliphatic carbocycles. The lowest BCUT2D eigenvalue weighted by atomic mass is 9.90. The third kappa shape index (κ3) is 5.08. The van der Waals surface area contributed by atoms with Crippen molar-refractivity contribution in [1.29, 1.82) is 5.26 Å². The van der Waals surface area contributed by atoms with E-state index in [1.54, 1.807) is 48.9 Å². The molecule has 46 heavy (non-hydrogen) atoms. The Labute approximate surface area is 265 Å². The first kappa shape index (κ1) is 29.3. The lowest BCUT2D eigenvalue weighted by Gasteiger charge is -2.33. The van der Waals surface area contributed by atoms with E-state index in [4.69, 9.17) is 5.26 Å². The molecule has 6 heterocycles. The molecule has 5 aromatic rings. The van der Waals surface area contributed by atoms with Crippen molar-refractivity contribution in [3.8, 4) is 23.1 Å². The van der Waals surface area contributed by atoms with Crippen LogP contribution in [-0.4, -0.2) is 59.7 Å². The van der Waals surface area contributed by atoms with Crippen molar-refractivity contribution < 1.29 is 5.11 Å². The number of anilines is 3. The van der Waals surface area contributed by atoms with Crippen LogP contribution >= 0.6 is 0 Å². The minimum Gasteiger partial charge on any atom is -0.392 e. The molecule has 2 aliphatic rings. The van der Waals surface area contributed by atoms with E-state index in [2.05, 4.69) is 40.2 Å². The molecule has 0 amide bonds. The predicted octanol–water partition coefficient (Wildman–Crippen LogP) is 3.21. The Morgan fingerprint density at radius 3 is 2.54 bits per heavy atom. The molecule has 0 unspecified atom stereocenters. The molecule has 1 fully saturated rings. The number of nitrogens with one attached hydrogen (secondary N) is 1. The van der Waals surface area contributed by atoms with Gasteiger partial charge in [0.1, 0.15) is 22.8 Å². The van der Waals surface area contributed by atoms with Crippen molar-refractivity contribution in [2.75, 3.05) is 36.4 Å². The zero-order valence-electron chi connectivity index (χ0n) is 26.1. The summed E-state index contributed by atoms with van der Waals surface area (Å²) in [7, 11) is 1.67. The van der Waals surface area contributed by atoms with Gasteiger partial charge in [0.2, 0.25) is 0 Å². The molecular formula is C34H35N9O3. The van der Waals surface area contributed by atoms with Crippen molar-refractivity contribution >= 4 is 22.7 Å². The summed E-state index contributed by atoms with van der Waals surface area (Å²) in [6, 6.07) is 9.24. The van der Waals surface area contributed by atoms with Crippen molar-refractivity contribution in [3.63, 3.8) is 0 Å². The molecule has 0 saturated carbocycles. The highest BCUT2D eigenvalue weighted by Crippen LogP contribution is 2.37. The van der Waals surface area contributed by atoms with E-state index in [1.807, 2.05) is 28.8 Å². The first-order valence-electron chi connectivity index (χ1n) is 15.3. The second-order valence-electron chi connectivity index (χ2n) is 12.8. The number of piperazine rings is 1. The fourth-order valence-corrected chi connectivity index (χ4v) is 6.74. The number of nitriles is 1. The molecule has 1 saturated heterocycles. The number of nitrogens with zero attached hydrogens (tertiary/aromatic N) is 8. The van der Waals surface area contributed by atoms with Gasteiger partial charge in [-0.15, -0.1) is 0 Å². The summed E-state index contributed by atoms with van der Waals surface area (Å²) in [5, 5.41) is 22.9. The third-order valence-electron chi connectivity index (χ3n) is 9.06. The minimum absolute atomic E-state index is 0.166. The summed E-state index contributed by atoms with van der Waals surface area (Å²) in [6.07, 6.45) is 12.7. The summed E-state index contributed by atoms with van der Waals surface area (Å²) in [6.45, 7) is 6.91. The lowest BCUT2D eigenvalue weighted by Crippen LogP contribution is -2.44. The van der Waals surface area contributed by atoms with Crippen LogP contribution in [0.25, 0.3) is 22.5 Å². The quantitative estimate of drug-likeness (QED) is 0.275. The molecule has 7 rings (SSSR count). The van der Waals surface area contributed by atoms with E-state index >= 15 is 0 Å². The highest BCUT2D eigenvalue weighted by atomic mass is 16.3. The highest BCUT2D eigenvalue weighted by Gasteiger charge is 2.32. The van der Waals surface area contributed by atoms with Crippen LogP contribution in [0.4, 0.5) is 17.2 Å². The topological polar surface area (TPSA) is 137 Å². The number of rotatable bonds is 6. The number of aryl methyl sites for hydroxylation is 1. The van der Waals surface area contributed by atoms with Crippen LogP contribution in [-0.2, 0) is 26.5 Å². The average Bonchev–Trinajstić information content (AvgIpc) is 3.55. The van der Waals surface area contributed by atoms with Gasteiger partial charge in [-0.25, -0.2) is 9.97 Å². The molecule has 5 aromatic heterocycles. The van der Waals surface area contributed by atoms with E-state index < -0.39 is 0 Å². The second kappa shape index (κ2) is 11.2. The molecule has 0 bridgehead atoms. The zero-order valence-corrected chi connectivity index (χ0v) is 26.1. The smallest absolute Gasteiger partial charge is 0.280 e. The summed E-state index contributed by atoms with van der Waals surface area (Å²) >= 11 is 0. The second-order valence-corrected chi connectivity index (χ2v) is 12.8. The van der Waals surface area contributed by atoms with Gasteiger partial charge in [-0.2, -0.15) is 5.26 Å². The lowest BCUT2D eigenvalue weighted by molar-refractivity contribution is 0.281. The molecule has 12 nitrogen and oxygen atoms in total. The fourth-order valence-electron chi connectivity index (χ4n) is 6.74. The van der Waals surface area contributed by atoms with Gasteiger partial charge in [-0.05, 0) is 59.7 Å². The number of hydrogen-bond donors (Lipinski definition) is 2. The van der Waals surface area contributed by atoms with Crippen LogP contribution in [0.2, 0.25) is 0 Å². The number of hydrogen-bond acceptors (Lipinski definition) is 9. The van der Waals surface area contributed by atoms with E-state index in [0.29, 0.717) is 52.6 Å². The summed E-state index contributed by atoms with van der Waals surface area (Å²) < 4.78 is 4.94. The number of pyridine rings is 3. The highest BCUT2D eigenvalue weighted by molar-refractivity contribution is 5.73. The number of aliphatic hydroxyl groups excluding tert-OH is 1. The van der Waals surface area contributed by atoms with E-state index in [-0.39, 0.29) is 23.1 Å². The summed E-state index contributed by atoms with van der Waals surface area (Å²) in [4.78, 5) is 39.9. The summed E-state index contributed by atoms with van der Waals surface area (Å²) in [5.74, 6) is 0.846. The molecule has 1 aliphatic heterocycles. The fraction of sp³-hybridized carbons (Fsp3) is 0.324. The van der Waals surface area contributed by atoms with E-state index in [1.165, 1.54) is 20.4 Å². The number of fused-ring (bicyclic) bond motifs is 3. The van der Waals surface area contributed by atoms with Gasteiger partial charge in [0, 0.05) is 74.8 Å². The van der Waals surface area contributed by atoms with Gasteiger partial charge in [-0.1, -0.05) is 13.8 Å². The van der Waals surface area contributed by atoms with E-state index in [0.717, 1.165) is 31.6 Å². The molecule has 234 valence electrons. The standard InChI is InChI=1S/C34H35N9O3/c1-34(2)16-22-15-28-33(46)43(13-12-42(28)29(22)17-34)31-26(20-44)25(6-7-36-31)23-14-27(32(45)39(3)19-23)38-30-5-4-24(18-37-30)41-10-8-40(21-35)9-11-41/h4-7,12-15,18-19,44H,8-11,16-17,20H2,1-3H3,(H,37,38). The Hall–Kier alpha value is -5.41. The largest absolute Gasteiger partial charge is 0.392 e. The van der Waals surface area contributed by atoms with Crippen LogP contribution in [0.5, 0.6) is 0 Å². The predicted molar refractivity (Wildman–Crippen MR) is 175 cm³/mol. The molecule has 0 radical (unpaired) electrons. The van der Waals surface area contributed by atoms with Crippen LogP contribution in [0.3, 0.4) is 0 Å². The van der Waals surface area contributed by atoms with Crippen molar-refractivity contribution in [2.45, 2.75) is 33.3 Å². The van der Waals surface area contributed by atoms with Crippen LogP contribution in [0.15, 0.2) is 70.9 Å². The molecule has 0 aromatic carbocycles. The molecule has 2 N–H and O–H groups in total. The van der Waals surface area contributed by atoms with Gasteiger partial charge in [0.15, 0.2) is 6.19 Å². The normalized spacial score (nSPS) is 15.6. The maximum absolute atomic E-state index is 13.8. The molecular weight excluding hydrogens is 582 g/mol. The zero-order chi connectivity index (χ0) is 32.2. The maximum atomic E-state index is 13.8. The first-order valence-corrected chi connectivity index (χ1v) is 15.3. The van der Waals surface area contributed by atoms with E-state index in [9.17, 15) is 14.7 Å². The minimum atomic E-state index is -0.362. The third-order valence-corrected chi connectivity index (χ3v) is 9.06. The molecule has 0 atom stereocenters. The van der Waals surface area contributed by atoms with Crippen LogP contribution in [0.1, 0.15) is 30.7 Å². The Kier molecular flexibility index (Phi) is 7.13. The van der Waals surface area contributed by atoms with Crippen molar-refractivity contribution in [2.24, 2.45) is 12.5 Å². The maximum Gasteiger partial charge on any atom is 0.280 e. The molecule has 0 spiro atoms. The van der Waals surface area contributed by atoms with Gasteiger partial charge < -0.3 is 29.2 Å². The Balaban J connectivity index is 1.21. The van der Waals surface area contributed by atoms with Crippen molar-refractivity contribution in [3.05, 3.63) is 98.8 Å². The number of aliphatic hydroxyl groups is 1. The van der Waals surface area contributed by atoms with Crippen molar-refractivity contribution in [1.82, 2.24) is 28.4 Å². The Morgan fingerprint density at radius 1 is 1.02 bits per heavy atom. The van der Waals surface area contributed by atoms with Gasteiger partial charge in [0.25, 0.3) is 11.1 Å². The van der Waals surface area contributed by atoms with Gasteiger partial charge in [-0.3, -0.25) is 14.2 Å². The average molecular weight is 618 g/mol. The Morgan fingerprint density at radius 2 is 1.83 bits per heavy atom. The van der Waals surface area contributed by atoms with Crippen LogP contribution < -0.4 is 21.3 Å². The van der Waals surface area contributed by atoms with Gasteiger partial charge >= 0.3 is 0 Å². The van der Waals surface area contributed by atoms with Gasteiger partial charge in [0.05, 0.1) is 18.5 Å². The number of aromatic nitrogens is 5. The SMILES string of the molecule is Cn1cc(-c2ccnc(-n3ccn4c5c(cc4c3=O)CC(C)(C)C5)c2CO)cc(Nc2ccc(N3CCN(C#N)CC3)cn2)c1=O.